The van der Waals surface area contributed by atoms with Gasteiger partial charge in [0.2, 0.25) is 5.91 Å². The fourth-order valence-electron chi connectivity index (χ4n) is 2.30. The van der Waals surface area contributed by atoms with E-state index in [2.05, 4.69) is 6.92 Å². The number of benzene rings is 1. The standard InChI is InChI=1S/C15H18FNO/c1-12-5-2-3-10-17(12)15(18)9-8-13-6-4-7-14(16)11-13/h4,6-9,11-12H,2-3,5,10H2,1H3/b9-8+. The predicted molar refractivity (Wildman–Crippen MR) is 70.5 cm³/mol. The highest BCUT2D eigenvalue weighted by Crippen LogP contribution is 2.17. The molecule has 1 aliphatic heterocycles. The third-order valence-electron chi connectivity index (χ3n) is 3.35. The fraction of sp³-hybridized carbons (Fsp3) is 0.400. The Morgan fingerprint density at radius 1 is 1.44 bits per heavy atom. The van der Waals surface area contributed by atoms with Crippen molar-refractivity contribution in [3.8, 4) is 0 Å². The highest BCUT2D eigenvalue weighted by Gasteiger charge is 2.20. The Morgan fingerprint density at radius 2 is 2.28 bits per heavy atom. The smallest absolute Gasteiger partial charge is 0.246 e. The average molecular weight is 247 g/mol. The Bertz CT molecular complexity index is 456. The third kappa shape index (κ3) is 3.19. The van der Waals surface area contributed by atoms with Gasteiger partial charge in [-0.05, 0) is 50.0 Å². The van der Waals surface area contributed by atoms with Crippen LogP contribution in [0.5, 0.6) is 0 Å². The molecule has 2 nitrogen and oxygen atoms in total. The highest BCUT2D eigenvalue weighted by molar-refractivity contribution is 5.92. The molecule has 2 rings (SSSR count). The maximum atomic E-state index is 13.0. The van der Waals surface area contributed by atoms with E-state index in [4.69, 9.17) is 0 Å². The monoisotopic (exact) mass is 247 g/mol. The SMILES string of the molecule is CC1CCCCN1C(=O)/C=C/c1cccc(F)c1. The van der Waals surface area contributed by atoms with Crippen LogP contribution in [0.1, 0.15) is 31.7 Å². The van der Waals surface area contributed by atoms with Gasteiger partial charge < -0.3 is 4.90 Å². The second-order valence-electron chi connectivity index (χ2n) is 4.76. The van der Waals surface area contributed by atoms with Crippen molar-refractivity contribution >= 4 is 12.0 Å². The molecular weight excluding hydrogens is 229 g/mol. The third-order valence-corrected chi connectivity index (χ3v) is 3.35. The first-order chi connectivity index (χ1) is 8.66. The van der Waals surface area contributed by atoms with E-state index < -0.39 is 0 Å². The molecule has 96 valence electrons. The maximum Gasteiger partial charge on any atom is 0.246 e. The molecule has 0 radical (unpaired) electrons. The molecule has 1 saturated heterocycles. The van der Waals surface area contributed by atoms with Gasteiger partial charge in [-0.2, -0.15) is 0 Å². The molecule has 1 aliphatic rings. The van der Waals surface area contributed by atoms with Crippen LogP contribution < -0.4 is 0 Å². The van der Waals surface area contributed by atoms with E-state index in [1.165, 1.54) is 24.6 Å². The molecule has 3 heteroatoms. The summed E-state index contributed by atoms with van der Waals surface area (Å²) in [7, 11) is 0. The summed E-state index contributed by atoms with van der Waals surface area (Å²) in [5.41, 5.74) is 0.716. The molecule has 1 atom stereocenters. The van der Waals surface area contributed by atoms with E-state index in [1.807, 2.05) is 4.90 Å². The molecule has 0 spiro atoms. The van der Waals surface area contributed by atoms with Gasteiger partial charge in [0, 0.05) is 18.7 Å². The molecule has 0 aliphatic carbocycles. The Hall–Kier alpha value is -1.64. The minimum Gasteiger partial charge on any atom is -0.336 e. The number of likely N-dealkylation sites (tertiary alicyclic amines) is 1. The summed E-state index contributed by atoms with van der Waals surface area (Å²) in [6, 6.07) is 6.55. The summed E-state index contributed by atoms with van der Waals surface area (Å²) in [6.45, 7) is 2.90. The molecule has 18 heavy (non-hydrogen) atoms. The molecule has 1 aromatic carbocycles. The summed E-state index contributed by atoms with van der Waals surface area (Å²) in [6.07, 6.45) is 6.55. The molecule has 1 unspecified atom stereocenters. The molecule has 1 heterocycles. The van der Waals surface area contributed by atoms with Crippen LogP contribution in [0.4, 0.5) is 4.39 Å². The molecule has 1 aromatic rings. The van der Waals surface area contributed by atoms with Gasteiger partial charge in [0.05, 0.1) is 0 Å². The topological polar surface area (TPSA) is 20.3 Å². The van der Waals surface area contributed by atoms with Crippen LogP contribution in [-0.4, -0.2) is 23.4 Å². The Kier molecular flexibility index (Phi) is 4.13. The first kappa shape index (κ1) is 12.8. The van der Waals surface area contributed by atoms with Crippen LogP contribution in [0.2, 0.25) is 0 Å². The quantitative estimate of drug-likeness (QED) is 0.735. The van der Waals surface area contributed by atoms with Crippen LogP contribution in [0.3, 0.4) is 0 Å². The lowest BCUT2D eigenvalue weighted by atomic mass is 10.0. The van der Waals surface area contributed by atoms with Gasteiger partial charge in [-0.15, -0.1) is 0 Å². The van der Waals surface area contributed by atoms with Gasteiger partial charge >= 0.3 is 0 Å². The van der Waals surface area contributed by atoms with Crippen molar-refractivity contribution in [3.05, 3.63) is 41.7 Å². The minimum absolute atomic E-state index is 0.0199. The van der Waals surface area contributed by atoms with E-state index in [0.29, 0.717) is 11.6 Å². The number of rotatable bonds is 2. The largest absolute Gasteiger partial charge is 0.336 e. The number of carbonyl (C=O) groups excluding carboxylic acids is 1. The zero-order valence-corrected chi connectivity index (χ0v) is 10.6. The van der Waals surface area contributed by atoms with Crippen molar-refractivity contribution < 1.29 is 9.18 Å². The number of carbonyl (C=O) groups is 1. The van der Waals surface area contributed by atoms with E-state index in [1.54, 1.807) is 18.2 Å². The number of halogens is 1. The van der Waals surface area contributed by atoms with Gasteiger partial charge in [-0.25, -0.2) is 4.39 Å². The maximum absolute atomic E-state index is 13.0. The summed E-state index contributed by atoms with van der Waals surface area (Å²) >= 11 is 0. The highest BCUT2D eigenvalue weighted by atomic mass is 19.1. The fourth-order valence-corrected chi connectivity index (χ4v) is 2.30. The van der Waals surface area contributed by atoms with Crippen LogP contribution in [0.25, 0.3) is 6.08 Å². The molecule has 0 N–H and O–H groups in total. The van der Waals surface area contributed by atoms with Gasteiger partial charge in [-0.3, -0.25) is 4.79 Å². The molecule has 1 fully saturated rings. The number of hydrogen-bond donors (Lipinski definition) is 0. The molecule has 0 aromatic heterocycles. The van der Waals surface area contributed by atoms with Crippen LogP contribution in [0, 0.1) is 5.82 Å². The zero-order valence-electron chi connectivity index (χ0n) is 10.6. The van der Waals surface area contributed by atoms with Crippen LogP contribution >= 0.6 is 0 Å². The van der Waals surface area contributed by atoms with Crippen molar-refractivity contribution in [1.82, 2.24) is 4.90 Å². The van der Waals surface area contributed by atoms with Crippen molar-refractivity contribution in [2.24, 2.45) is 0 Å². The number of hydrogen-bond acceptors (Lipinski definition) is 1. The van der Waals surface area contributed by atoms with E-state index in [0.717, 1.165) is 19.4 Å². The normalized spacial score (nSPS) is 20.3. The van der Waals surface area contributed by atoms with Gasteiger partial charge in [0.15, 0.2) is 0 Å². The average Bonchev–Trinajstić information content (AvgIpc) is 2.37. The van der Waals surface area contributed by atoms with E-state index >= 15 is 0 Å². The second-order valence-corrected chi connectivity index (χ2v) is 4.76. The lowest BCUT2D eigenvalue weighted by Crippen LogP contribution is -2.41. The number of nitrogens with zero attached hydrogens (tertiary/aromatic N) is 1. The Labute approximate surface area is 107 Å². The van der Waals surface area contributed by atoms with Crippen LogP contribution in [-0.2, 0) is 4.79 Å². The second kappa shape index (κ2) is 5.80. The molecular formula is C15H18FNO. The minimum atomic E-state index is -0.282. The predicted octanol–water partition coefficient (Wildman–Crippen LogP) is 3.24. The van der Waals surface area contributed by atoms with Crippen molar-refractivity contribution in [2.75, 3.05) is 6.54 Å². The summed E-state index contributed by atoms with van der Waals surface area (Å²) in [5, 5.41) is 0. The van der Waals surface area contributed by atoms with Gasteiger partial charge in [0.25, 0.3) is 0 Å². The van der Waals surface area contributed by atoms with Crippen LogP contribution in [0.15, 0.2) is 30.3 Å². The summed E-state index contributed by atoms with van der Waals surface area (Å²) in [4.78, 5) is 13.9. The molecule has 0 bridgehead atoms. The van der Waals surface area contributed by atoms with E-state index in [-0.39, 0.29) is 11.7 Å². The first-order valence-electron chi connectivity index (χ1n) is 6.41. The molecule has 1 amide bonds. The number of piperidine rings is 1. The summed E-state index contributed by atoms with van der Waals surface area (Å²) in [5.74, 6) is -0.262. The summed E-state index contributed by atoms with van der Waals surface area (Å²) < 4.78 is 13.0. The van der Waals surface area contributed by atoms with Gasteiger partial charge in [0.1, 0.15) is 5.82 Å². The Balaban J connectivity index is 2.02. The van der Waals surface area contributed by atoms with Crippen molar-refractivity contribution in [1.29, 1.82) is 0 Å². The Morgan fingerprint density at radius 3 is 3.00 bits per heavy atom. The molecule has 0 saturated carbocycles. The lowest BCUT2D eigenvalue weighted by molar-refractivity contribution is -0.129. The van der Waals surface area contributed by atoms with Gasteiger partial charge in [-0.1, -0.05) is 12.1 Å². The van der Waals surface area contributed by atoms with Crippen molar-refractivity contribution in [2.45, 2.75) is 32.2 Å². The zero-order chi connectivity index (χ0) is 13.0. The van der Waals surface area contributed by atoms with E-state index in [9.17, 15) is 9.18 Å². The first-order valence-corrected chi connectivity index (χ1v) is 6.41. The van der Waals surface area contributed by atoms with Crippen molar-refractivity contribution in [3.63, 3.8) is 0 Å². The lowest BCUT2D eigenvalue weighted by Gasteiger charge is -2.32. The number of amides is 1.